The molecule has 0 aromatic heterocycles. The van der Waals surface area contributed by atoms with Crippen LogP contribution in [0.2, 0.25) is 5.02 Å². The molecule has 1 atom stereocenters. The first-order valence-electron chi connectivity index (χ1n) is 12.1. The van der Waals surface area contributed by atoms with Crippen molar-refractivity contribution in [2.24, 2.45) is 0 Å². The van der Waals surface area contributed by atoms with Gasteiger partial charge in [-0.05, 0) is 57.6 Å². The van der Waals surface area contributed by atoms with Gasteiger partial charge in [0.15, 0.2) is 0 Å². The summed E-state index contributed by atoms with van der Waals surface area (Å²) in [6.07, 6.45) is 0.527. The van der Waals surface area contributed by atoms with Crippen molar-refractivity contribution in [3.8, 4) is 16.9 Å². The number of nitrogens with one attached hydrogen (secondary N) is 1. The van der Waals surface area contributed by atoms with Crippen molar-refractivity contribution < 1.29 is 19.4 Å². The Morgan fingerprint density at radius 3 is 2.27 bits per heavy atom. The van der Waals surface area contributed by atoms with Crippen molar-refractivity contribution in [1.82, 2.24) is 5.32 Å². The molecule has 0 saturated heterocycles. The molecule has 0 saturated carbocycles. The van der Waals surface area contributed by atoms with E-state index in [1.807, 2.05) is 97.1 Å². The van der Waals surface area contributed by atoms with Crippen LogP contribution < -0.4 is 10.1 Å². The fraction of sp³-hybridized carbons (Fsp3) is 0.161. The van der Waals surface area contributed by atoms with Crippen LogP contribution in [-0.2, 0) is 35.5 Å². The molecule has 186 valence electrons. The van der Waals surface area contributed by atoms with Gasteiger partial charge < -0.3 is 15.2 Å². The van der Waals surface area contributed by atoms with Gasteiger partial charge in [-0.15, -0.1) is 0 Å². The van der Waals surface area contributed by atoms with Crippen molar-refractivity contribution in [1.29, 1.82) is 0 Å². The highest BCUT2D eigenvalue weighted by molar-refractivity contribution is 6.30. The minimum atomic E-state index is -1.38. The lowest BCUT2D eigenvalue weighted by Crippen LogP contribution is -2.55. The van der Waals surface area contributed by atoms with Crippen LogP contribution in [0.1, 0.15) is 22.3 Å². The fourth-order valence-corrected chi connectivity index (χ4v) is 4.90. The van der Waals surface area contributed by atoms with E-state index >= 15 is 0 Å². The topological polar surface area (TPSA) is 75.6 Å². The van der Waals surface area contributed by atoms with Crippen LogP contribution in [0, 0.1) is 0 Å². The molecule has 1 aliphatic carbocycles. The summed E-state index contributed by atoms with van der Waals surface area (Å²) < 4.78 is 5.87. The predicted molar refractivity (Wildman–Crippen MR) is 144 cm³/mol. The van der Waals surface area contributed by atoms with Gasteiger partial charge in [0.05, 0.1) is 6.42 Å². The Morgan fingerprint density at radius 2 is 1.51 bits per heavy atom. The van der Waals surface area contributed by atoms with E-state index < -0.39 is 11.5 Å². The number of fused-ring (bicyclic) bond motifs is 1. The van der Waals surface area contributed by atoms with Crippen molar-refractivity contribution >= 4 is 23.5 Å². The van der Waals surface area contributed by atoms with E-state index in [1.54, 1.807) is 0 Å². The average Bonchev–Trinajstić information content (AvgIpc) is 3.27. The molecule has 0 spiro atoms. The van der Waals surface area contributed by atoms with Gasteiger partial charge in [-0.2, -0.15) is 0 Å². The molecule has 5 nitrogen and oxygen atoms in total. The van der Waals surface area contributed by atoms with Gasteiger partial charge in [0.25, 0.3) is 0 Å². The number of benzene rings is 4. The number of carboxylic acids is 1. The van der Waals surface area contributed by atoms with Crippen LogP contribution in [0.25, 0.3) is 11.1 Å². The molecule has 4 aromatic rings. The van der Waals surface area contributed by atoms with Crippen LogP contribution in [-0.4, -0.2) is 22.5 Å². The summed E-state index contributed by atoms with van der Waals surface area (Å²) in [7, 11) is 0. The van der Waals surface area contributed by atoms with Crippen molar-refractivity contribution in [2.75, 3.05) is 0 Å². The molecule has 0 bridgehead atoms. The SMILES string of the molecule is O=C(Cc1cccc(OCc2ccccc2)c1)NC1(C(=O)O)Cc2ccc(-c3ccc(Cl)cc3)cc2C1. The second-order valence-corrected chi connectivity index (χ2v) is 9.81. The number of halogens is 1. The normalized spacial score (nSPS) is 16.1. The first-order chi connectivity index (χ1) is 17.9. The van der Waals surface area contributed by atoms with E-state index in [1.165, 1.54) is 0 Å². The highest BCUT2D eigenvalue weighted by Crippen LogP contribution is 2.34. The smallest absolute Gasteiger partial charge is 0.330 e. The van der Waals surface area contributed by atoms with E-state index in [-0.39, 0.29) is 25.2 Å². The maximum atomic E-state index is 13.0. The lowest BCUT2D eigenvalue weighted by molar-refractivity contribution is -0.147. The average molecular weight is 512 g/mol. The minimum Gasteiger partial charge on any atom is -0.489 e. The Morgan fingerprint density at radius 1 is 0.811 bits per heavy atom. The summed E-state index contributed by atoms with van der Waals surface area (Å²) in [4.78, 5) is 25.4. The Bertz CT molecular complexity index is 1440. The van der Waals surface area contributed by atoms with Crippen LogP contribution >= 0.6 is 11.6 Å². The van der Waals surface area contributed by atoms with Gasteiger partial charge in [-0.1, -0.05) is 84.4 Å². The van der Waals surface area contributed by atoms with Gasteiger partial charge in [-0.3, -0.25) is 4.79 Å². The quantitative estimate of drug-likeness (QED) is 0.310. The second-order valence-electron chi connectivity index (χ2n) is 9.38. The zero-order valence-electron chi connectivity index (χ0n) is 20.1. The Balaban J connectivity index is 1.27. The predicted octanol–water partition coefficient (Wildman–Crippen LogP) is 5.87. The maximum absolute atomic E-state index is 13.0. The first kappa shape index (κ1) is 24.6. The molecule has 1 unspecified atom stereocenters. The zero-order chi connectivity index (χ0) is 25.8. The number of carboxylic acid groups (broad SMARTS) is 1. The molecule has 6 heteroatoms. The Hall–Kier alpha value is -4.09. The summed E-state index contributed by atoms with van der Waals surface area (Å²) in [6.45, 7) is 0.425. The van der Waals surface area contributed by atoms with Crippen molar-refractivity contribution in [3.05, 3.63) is 124 Å². The molecule has 4 aromatic carbocycles. The highest BCUT2D eigenvalue weighted by Gasteiger charge is 2.45. The molecule has 37 heavy (non-hydrogen) atoms. The monoisotopic (exact) mass is 511 g/mol. The fourth-order valence-electron chi connectivity index (χ4n) is 4.77. The summed E-state index contributed by atoms with van der Waals surface area (Å²) >= 11 is 6.01. The first-order valence-corrected chi connectivity index (χ1v) is 12.5. The van der Waals surface area contributed by atoms with E-state index in [9.17, 15) is 14.7 Å². The van der Waals surface area contributed by atoms with E-state index in [0.29, 0.717) is 17.4 Å². The molecule has 0 heterocycles. The maximum Gasteiger partial charge on any atom is 0.330 e. The number of carbonyl (C=O) groups excluding carboxylic acids is 1. The standard InChI is InChI=1S/C31H26ClNO4/c32-27-13-11-23(12-14-27)24-9-10-25-18-31(30(35)36,19-26(25)17-24)33-29(34)16-22-7-4-8-28(15-22)37-20-21-5-2-1-3-6-21/h1-15,17H,16,18-20H2,(H,33,34)(H,35,36). The molecule has 2 N–H and O–H groups in total. The van der Waals surface area contributed by atoms with Crippen LogP contribution in [0.4, 0.5) is 0 Å². The second kappa shape index (κ2) is 10.5. The number of carbonyl (C=O) groups is 2. The molecule has 1 amide bonds. The molecular weight excluding hydrogens is 486 g/mol. The lowest BCUT2D eigenvalue weighted by atomic mass is 9.95. The van der Waals surface area contributed by atoms with Crippen LogP contribution in [0.15, 0.2) is 97.1 Å². The summed E-state index contributed by atoms with van der Waals surface area (Å²) in [5.74, 6) is -0.719. The molecule has 0 radical (unpaired) electrons. The molecule has 0 aliphatic heterocycles. The van der Waals surface area contributed by atoms with Crippen molar-refractivity contribution in [2.45, 2.75) is 31.4 Å². The number of amides is 1. The van der Waals surface area contributed by atoms with E-state index in [2.05, 4.69) is 5.32 Å². The van der Waals surface area contributed by atoms with E-state index in [0.717, 1.165) is 33.4 Å². The third-order valence-electron chi connectivity index (χ3n) is 6.67. The number of rotatable bonds is 8. The van der Waals surface area contributed by atoms with E-state index in [4.69, 9.17) is 16.3 Å². The third kappa shape index (κ3) is 5.68. The highest BCUT2D eigenvalue weighted by atomic mass is 35.5. The molecule has 0 fully saturated rings. The van der Waals surface area contributed by atoms with Gasteiger partial charge in [0.2, 0.25) is 5.91 Å². The number of aliphatic carboxylic acids is 1. The number of hydrogen-bond acceptors (Lipinski definition) is 3. The number of ether oxygens (including phenoxy) is 1. The number of hydrogen-bond donors (Lipinski definition) is 2. The lowest BCUT2D eigenvalue weighted by Gasteiger charge is -2.25. The van der Waals surface area contributed by atoms with Crippen LogP contribution in [0.5, 0.6) is 5.75 Å². The molecular formula is C31H26ClNO4. The summed E-state index contributed by atoms with van der Waals surface area (Å²) in [6, 6.07) is 30.6. The van der Waals surface area contributed by atoms with Gasteiger partial charge in [0, 0.05) is 17.9 Å². The Labute approximate surface area is 220 Å². The largest absolute Gasteiger partial charge is 0.489 e. The van der Waals surface area contributed by atoms with Gasteiger partial charge in [0.1, 0.15) is 17.9 Å². The van der Waals surface area contributed by atoms with Gasteiger partial charge in [-0.25, -0.2) is 4.79 Å². The minimum absolute atomic E-state index is 0.0595. The molecule has 5 rings (SSSR count). The third-order valence-corrected chi connectivity index (χ3v) is 6.92. The Kier molecular flexibility index (Phi) is 6.97. The zero-order valence-corrected chi connectivity index (χ0v) is 20.9. The summed E-state index contributed by atoms with van der Waals surface area (Å²) in [5, 5.41) is 13.6. The molecule has 1 aliphatic rings. The van der Waals surface area contributed by atoms with Crippen LogP contribution in [0.3, 0.4) is 0 Å². The van der Waals surface area contributed by atoms with Crippen molar-refractivity contribution in [3.63, 3.8) is 0 Å². The van der Waals surface area contributed by atoms with Gasteiger partial charge >= 0.3 is 5.97 Å². The summed E-state index contributed by atoms with van der Waals surface area (Å²) in [5.41, 5.74) is 4.26.